The van der Waals surface area contributed by atoms with Crippen molar-refractivity contribution in [2.24, 2.45) is 0 Å². The molecule has 0 unspecified atom stereocenters. The Hall–Kier alpha value is -4.16. The highest BCUT2D eigenvalue weighted by molar-refractivity contribution is 6.30. The largest absolute Gasteiger partial charge is 0.482 e. The van der Waals surface area contributed by atoms with Gasteiger partial charge in [0, 0.05) is 11.8 Å². The molecule has 2 amide bonds. The van der Waals surface area contributed by atoms with Gasteiger partial charge in [0.2, 0.25) is 0 Å². The number of aromatic nitrogens is 1. The minimum absolute atomic E-state index is 0.0898. The lowest BCUT2D eigenvalue weighted by molar-refractivity contribution is -0.145. The molecule has 1 heterocycles. The van der Waals surface area contributed by atoms with Crippen molar-refractivity contribution in [3.8, 4) is 11.8 Å². The summed E-state index contributed by atoms with van der Waals surface area (Å²) in [4.78, 5) is 41.5. The Balaban J connectivity index is 0.00000334. The van der Waals surface area contributed by atoms with Crippen molar-refractivity contribution in [2.45, 2.75) is 40.5 Å². The third kappa shape index (κ3) is 11.0. The molecular weight excluding hydrogens is 496 g/mol. The number of amides is 2. The van der Waals surface area contributed by atoms with Crippen molar-refractivity contribution in [1.29, 1.82) is 5.26 Å². The van der Waals surface area contributed by atoms with Gasteiger partial charge in [0.05, 0.1) is 35.4 Å². The minimum atomic E-state index is -0.562. The number of nitrogens with one attached hydrogen (secondary N) is 2. The maximum absolute atomic E-state index is 13.0. The van der Waals surface area contributed by atoms with Crippen molar-refractivity contribution in [1.82, 2.24) is 4.98 Å². The van der Waals surface area contributed by atoms with Crippen LogP contribution in [0.15, 0.2) is 60.3 Å². The number of nitriles is 1. The highest BCUT2D eigenvalue weighted by Gasteiger charge is 2.18. The smallest absolute Gasteiger partial charge is 0.344 e. The van der Waals surface area contributed by atoms with Gasteiger partial charge in [0.25, 0.3) is 11.8 Å². The molecule has 0 fully saturated rings. The summed E-state index contributed by atoms with van der Waals surface area (Å²) < 4.78 is 10.3. The number of nitrogens with zero attached hydrogens (tertiary/aromatic N) is 2. The van der Waals surface area contributed by atoms with Crippen LogP contribution < -0.4 is 15.4 Å². The predicted octanol–water partition coefficient (Wildman–Crippen LogP) is 5.70. The van der Waals surface area contributed by atoms with E-state index in [-0.39, 0.29) is 42.5 Å². The molecule has 9 nitrogen and oxygen atoms in total. The molecule has 0 aliphatic rings. The van der Waals surface area contributed by atoms with Gasteiger partial charge < -0.3 is 20.1 Å². The highest BCUT2D eigenvalue weighted by atomic mass is 35.5. The van der Waals surface area contributed by atoms with E-state index >= 15 is 0 Å². The molecule has 0 spiro atoms. The quantitative estimate of drug-likeness (QED) is 0.218. The van der Waals surface area contributed by atoms with E-state index in [1.807, 2.05) is 19.9 Å². The fourth-order valence-corrected chi connectivity index (χ4v) is 2.89. The van der Waals surface area contributed by atoms with Crippen molar-refractivity contribution < 1.29 is 23.9 Å². The molecule has 0 aliphatic heterocycles. The van der Waals surface area contributed by atoms with Gasteiger partial charge in [-0.2, -0.15) is 5.26 Å². The summed E-state index contributed by atoms with van der Waals surface area (Å²) >= 11 is 5.85. The van der Waals surface area contributed by atoms with Crippen LogP contribution in [-0.2, 0) is 14.3 Å². The number of allylic oxidation sites excluding steroid dienone is 3. The van der Waals surface area contributed by atoms with Crippen LogP contribution in [-0.4, -0.2) is 36.0 Å². The first-order valence-corrected chi connectivity index (χ1v) is 12.1. The summed E-state index contributed by atoms with van der Waals surface area (Å²) in [5, 5.41) is 14.4. The Labute approximate surface area is 222 Å². The molecule has 2 aromatic rings. The molecule has 2 N–H and O–H groups in total. The Kier molecular flexibility index (Phi) is 14.4. The number of ether oxygens (including phenoxy) is 2. The summed E-state index contributed by atoms with van der Waals surface area (Å²) in [6.07, 6.45) is 7.00. The average Bonchev–Trinajstić information content (AvgIpc) is 2.90. The first-order valence-electron chi connectivity index (χ1n) is 11.7. The normalized spacial score (nSPS) is 10.5. The van der Waals surface area contributed by atoms with Crippen molar-refractivity contribution >= 4 is 40.9 Å². The maximum atomic E-state index is 13.0. The second-order valence-corrected chi connectivity index (χ2v) is 7.36. The third-order valence-electron chi connectivity index (χ3n) is 4.47. The van der Waals surface area contributed by atoms with E-state index in [1.165, 1.54) is 30.5 Å². The minimum Gasteiger partial charge on any atom is -0.482 e. The Morgan fingerprint density at radius 1 is 1.14 bits per heavy atom. The van der Waals surface area contributed by atoms with E-state index in [9.17, 15) is 14.4 Å². The van der Waals surface area contributed by atoms with Crippen LogP contribution in [0.2, 0.25) is 5.02 Å². The van der Waals surface area contributed by atoms with E-state index in [1.54, 1.807) is 38.1 Å². The van der Waals surface area contributed by atoms with E-state index in [0.717, 1.165) is 0 Å². The number of carbonyl (C=O) groups excluding carboxylic acids is 3. The van der Waals surface area contributed by atoms with Crippen LogP contribution in [0.3, 0.4) is 0 Å². The highest BCUT2D eigenvalue weighted by Crippen LogP contribution is 2.25. The monoisotopic (exact) mass is 526 g/mol. The van der Waals surface area contributed by atoms with Crippen LogP contribution in [0.25, 0.3) is 0 Å². The van der Waals surface area contributed by atoms with Gasteiger partial charge in [-0.1, -0.05) is 43.7 Å². The number of anilines is 2. The summed E-state index contributed by atoms with van der Waals surface area (Å²) in [5.41, 5.74) is 0.768. The Morgan fingerprint density at radius 2 is 1.89 bits per heavy atom. The molecule has 2 rings (SSSR count). The maximum Gasteiger partial charge on any atom is 0.344 e. The standard InChI is InChI=1S/C25H25ClN4O5.C2H6/c1-3-17(8-6-5-7-13-27)24(32)29-21-11-10-19(35-16-23(31)34-4-2)14-20(21)25(33)30-22-12-9-18(26)15-28-22;1-2/h3,5-6,9-12,14-15H,4,7-8,16H2,1-2H3,(H,29,32)(H,28,30,33);1-2H3/b6-5-,17-3+;. The zero-order chi connectivity index (χ0) is 27.6. The topological polar surface area (TPSA) is 130 Å². The van der Waals surface area contributed by atoms with Gasteiger partial charge in [0.1, 0.15) is 11.6 Å². The molecule has 37 heavy (non-hydrogen) atoms. The van der Waals surface area contributed by atoms with Crippen LogP contribution in [0.4, 0.5) is 11.5 Å². The number of halogens is 1. The molecule has 10 heteroatoms. The molecule has 0 saturated heterocycles. The Bertz CT molecular complexity index is 1150. The number of hydrogen-bond acceptors (Lipinski definition) is 7. The van der Waals surface area contributed by atoms with Gasteiger partial charge in [-0.15, -0.1) is 0 Å². The number of pyridine rings is 1. The van der Waals surface area contributed by atoms with Crippen molar-refractivity contribution in [3.05, 3.63) is 70.9 Å². The molecule has 1 aromatic carbocycles. The molecule has 1 aromatic heterocycles. The van der Waals surface area contributed by atoms with Gasteiger partial charge in [-0.25, -0.2) is 9.78 Å². The number of esters is 1. The lowest BCUT2D eigenvalue weighted by Crippen LogP contribution is -2.20. The van der Waals surface area contributed by atoms with E-state index in [4.69, 9.17) is 26.3 Å². The Morgan fingerprint density at radius 3 is 2.51 bits per heavy atom. The number of benzene rings is 1. The van der Waals surface area contributed by atoms with Crippen LogP contribution in [0.5, 0.6) is 5.75 Å². The van der Waals surface area contributed by atoms with Gasteiger partial charge >= 0.3 is 5.97 Å². The van der Waals surface area contributed by atoms with Crippen LogP contribution in [0.1, 0.15) is 50.9 Å². The van der Waals surface area contributed by atoms with Gasteiger partial charge in [0.15, 0.2) is 6.61 Å². The van der Waals surface area contributed by atoms with Gasteiger partial charge in [-0.3, -0.25) is 9.59 Å². The molecule has 0 atom stereocenters. The van der Waals surface area contributed by atoms with E-state index < -0.39 is 17.8 Å². The molecule has 0 radical (unpaired) electrons. The number of rotatable bonds is 11. The molecule has 196 valence electrons. The summed E-state index contributed by atoms with van der Waals surface area (Å²) in [5.74, 6) is -1.04. The molecule has 0 saturated carbocycles. The number of hydrogen-bond donors (Lipinski definition) is 2. The first kappa shape index (κ1) is 30.9. The van der Waals surface area contributed by atoms with E-state index in [2.05, 4.69) is 15.6 Å². The molecular formula is C27H31ClN4O5. The SMILES string of the molecule is C/C=C(\C/C=C\CC#N)C(=O)Nc1ccc(OCC(=O)OCC)cc1C(=O)Nc1ccc(Cl)cn1.CC. The second-order valence-electron chi connectivity index (χ2n) is 6.92. The van der Waals surface area contributed by atoms with E-state index in [0.29, 0.717) is 17.0 Å². The third-order valence-corrected chi connectivity index (χ3v) is 4.69. The van der Waals surface area contributed by atoms with Crippen molar-refractivity contribution in [2.75, 3.05) is 23.8 Å². The second kappa shape index (κ2) is 17.3. The number of carbonyl (C=O) groups is 3. The zero-order valence-corrected chi connectivity index (χ0v) is 22.1. The van der Waals surface area contributed by atoms with Crippen molar-refractivity contribution in [3.63, 3.8) is 0 Å². The average molecular weight is 527 g/mol. The zero-order valence-electron chi connectivity index (χ0n) is 21.3. The summed E-state index contributed by atoms with van der Waals surface area (Å²) in [6, 6.07) is 9.53. The summed E-state index contributed by atoms with van der Waals surface area (Å²) in [7, 11) is 0. The lowest BCUT2D eigenvalue weighted by atomic mass is 10.1. The predicted molar refractivity (Wildman–Crippen MR) is 143 cm³/mol. The summed E-state index contributed by atoms with van der Waals surface area (Å²) in [6.45, 7) is 7.28. The first-order chi connectivity index (χ1) is 17.9. The lowest BCUT2D eigenvalue weighted by Gasteiger charge is -2.14. The fraction of sp³-hybridized carbons (Fsp3) is 0.296. The van der Waals surface area contributed by atoms with Crippen LogP contribution in [0, 0.1) is 11.3 Å². The molecule has 0 aliphatic carbocycles. The van der Waals surface area contributed by atoms with Gasteiger partial charge in [-0.05, 0) is 50.6 Å². The molecule has 0 bridgehead atoms. The van der Waals surface area contributed by atoms with Crippen LogP contribution >= 0.6 is 11.6 Å². The fourth-order valence-electron chi connectivity index (χ4n) is 2.78.